The Bertz CT molecular complexity index is 1080. The van der Waals surface area contributed by atoms with Gasteiger partial charge in [-0.2, -0.15) is 0 Å². The molecule has 0 unspecified atom stereocenters. The maximum Gasteiger partial charge on any atom is 0.251 e. The average Bonchev–Trinajstić information content (AvgIpc) is 3.10. The van der Waals surface area contributed by atoms with E-state index >= 15 is 0 Å². The summed E-state index contributed by atoms with van der Waals surface area (Å²) in [7, 11) is 1.62. The number of nitrogens with zero attached hydrogens (tertiary/aromatic N) is 3. The Hall–Kier alpha value is -3.28. The minimum absolute atomic E-state index is 0.141. The molecule has 0 saturated carbocycles. The summed E-state index contributed by atoms with van der Waals surface area (Å²) < 4.78 is 24.8. The molecule has 5 nitrogen and oxygen atoms in total. The van der Waals surface area contributed by atoms with Gasteiger partial charge in [0.2, 0.25) is 5.89 Å². The van der Waals surface area contributed by atoms with E-state index in [1.54, 1.807) is 25.3 Å². The minimum Gasteiger partial charge on any atom is -0.497 e. The van der Waals surface area contributed by atoms with Crippen LogP contribution in [-0.4, -0.2) is 22.3 Å². The van der Waals surface area contributed by atoms with Crippen LogP contribution in [0.4, 0.5) is 4.39 Å². The number of aromatic nitrogens is 3. The highest BCUT2D eigenvalue weighted by Gasteiger charge is 2.16. The predicted octanol–water partition coefficient (Wildman–Crippen LogP) is 4.41. The van der Waals surface area contributed by atoms with Gasteiger partial charge in [-0.15, -0.1) is 10.2 Å². The molecule has 0 atom stereocenters. The second kappa shape index (κ2) is 5.98. The molecule has 2 heterocycles. The Morgan fingerprint density at radius 1 is 0.960 bits per heavy atom. The van der Waals surface area contributed by atoms with Crippen molar-refractivity contribution >= 4 is 10.9 Å². The first-order valence-electron chi connectivity index (χ1n) is 7.70. The zero-order chi connectivity index (χ0) is 17.4. The van der Waals surface area contributed by atoms with Gasteiger partial charge in [-0.3, -0.25) is 4.98 Å². The number of hydrogen-bond donors (Lipinski definition) is 0. The van der Waals surface area contributed by atoms with Gasteiger partial charge in [0.1, 0.15) is 11.6 Å². The van der Waals surface area contributed by atoms with Gasteiger partial charge < -0.3 is 9.15 Å². The summed E-state index contributed by atoms with van der Waals surface area (Å²) in [6.07, 6.45) is 0. The molecule has 0 saturated heterocycles. The third kappa shape index (κ3) is 2.71. The van der Waals surface area contributed by atoms with Crippen LogP contribution in [0, 0.1) is 12.7 Å². The van der Waals surface area contributed by atoms with E-state index in [0.717, 1.165) is 22.3 Å². The van der Waals surface area contributed by atoms with E-state index in [1.165, 1.54) is 6.07 Å². The maximum atomic E-state index is 13.9. The van der Waals surface area contributed by atoms with Crippen LogP contribution in [0.2, 0.25) is 0 Å². The molecular weight excluding hydrogens is 321 g/mol. The fourth-order valence-corrected chi connectivity index (χ4v) is 2.66. The number of pyridine rings is 1. The van der Waals surface area contributed by atoms with Crippen molar-refractivity contribution in [1.82, 2.24) is 15.2 Å². The van der Waals surface area contributed by atoms with Crippen molar-refractivity contribution < 1.29 is 13.5 Å². The van der Waals surface area contributed by atoms with Crippen LogP contribution in [0.3, 0.4) is 0 Å². The number of benzene rings is 2. The van der Waals surface area contributed by atoms with Crippen LogP contribution in [0.15, 0.2) is 52.9 Å². The van der Waals surface area contributed by atoms with Crippen LogP contribution >= 0.6 is 0 Å². The van der Waals surface area contributed by atoms with Crippen LogP contribution in [0.5, 0.6) is 5.75 Å². The molecule has 0 aliphatic heterocycles. The van der Waals surface area contributed by atoms with E-state index in [-0.39, 0.29) is 11.5 Å². The zero-order valence-electron chi connectivity index (χ0n) is 13.7. The number of aryl methyl sites for hydroxylation is 1. The van der Waals surface area contributed by atoms with Crippen molar-refractivity contribution in [1.29, 1.82) is 0 Å². The first kappa shape index (κ1) is 15.3. The van der Waals surface area contributed by atoms with Crippen molar-refractivity contribution in [3.63, 3.8) is 0 Å². The summed E-state index contributed by atoms with van der Waals surface area (Å²) in [5.41, 5.74) is 2.55. The van der Waals surface area contributed by atoms with E-state index in [0.29, 0.717) is 11.5 Å². The number of methoxy groups -OCH3 is 1. The molecule has 4 rings (SSSR count). The third-order valence-corrected chi connectivity index (χ3v) is 3.98. The molecule has 0 aliphatic rings. The van der Waals surface area contributed by atoms with Crippen LogP contribution in [0.1, 0.15) is 5.69 Å². The van der Waals surface area contributed by atoms with Crippen LogP contribution in [0.25, 0.3) is 33.8 Å². The fraction of sp³-hybridized carbons (Fsp3) is 0.105. The van der Waals surface area contributed by atoms with Crippen molar-refractivity contribution in [2.75, 3.05) is 7.11 Å². The molecule has 0 spiro atoms. The summed E-state index contributed by atoms with van der Waals surface area (Å²) in [5, 5.41) is 8.95. The van der Waals surface area contributed by atoms with Crippen molar-refractivity contribution in [3.8, 4) is 28.7 Å². The summed E-state index contributed by atoms with van der Waals surface area (Å²) in [6, 6.07) is 13.9. The lowest BCUT2D eigenvalue weighted by Gasteiger charge is -2.06. The topological polar surface area (TPSA) is 61.0 Å². The second-order valence-corrected chi connectivity index (χ2v) is 5.57. The highest BCUT2D eigenvalue weighted by molar-refractivity contribution is 5.84. The Labute approximate surface area is 143 Å². The smallest absolute Gasteiger partial charge is 0.251 e. The Balaban J connectivity index is 1.80. The van der Waals surface area contributed by atoms with Gasteiger partial charge in [-0.05, 0) is 37.3 Å². The second-order valence-electron chi connectivity index (χ2n) is 5.57. The van der Waals surface area contributed by atoms with Gasteiger partial charge in [0.05, 0.1) is 29.4 Å². The van der Waals surface area contributed by atoms with Gasteiger partial charge in [-0.25, -0.2) is 4.39 Å². The molecule has 124 valence electrons. The molecule has 2 aromatic heterocycles. The summed E-state index contributed by atoms with van der Waals surface area (Å²) in [4.78, 5) is 4.58. The number of ether oxygens (including phenoxy) is 1. The molecule has 0 fully saturated rings. The molecule has 25 heavy (non-hydrogen) atoms. The first-order valence-corrected chi connectivity index (χ1v) is 7.70. The minimum atomic E-state index is -0.404. The van der Waals surface area contributed by atoms with Crippen molar-refractivity contribution in [2.24, 2.45) is 0 Å². The Kier molecular flexibility index (Phi) is 3.65. The lowest BCUT2D eigenvalue weighted by atomic mass is 10.1. The molecule has 6 heteroatoms. The molecule has 4 aromatic rings. The van der Waals surface area contributed by atoms with Crippen LogP contribution in [-0.2, 0) is 0 Å². The number of fused-ring (bicyclic) bond motifs is 1. The van der Waals surface area contributed by atoms with Crippen molar-refractivity contribution in [2.45, 2.75) is 6.92 Å². The number of hydrogen-bond acceptors (Lipinski definition) is 5. The highest BCUT2D eigenvalue weighted by atomic mass is 19.1. The summed E-state index contributed by atoms with van der Waals surface area (Å²) in [6.45, 7) is 1.86. The monoisotopic (exact) mass is 335 g/mol. The summed E-state index contributed by atoms with van der Waals surface area (Å²) in [5.74, 6) is 0.785. The largest absolute Gasteiger partial charge is 0.497 e. The highest BCUT2D eigenvalue weighted by Crippen LogP contribution is 2.30. The molecule has 0 N–H and O–H groups in total. The molecule has 0 amide bonds. The van der Waals surface area contributed by atoms with E-state index < -0.39 is 5.82 Å². The van der Waals surface area contributed by atoms with Gasteiger partial charge >= 0.3 is 0 Å². The Morgan fingerprint density at radius 3 is 2.48 bits per heavy atom. The quantitative estimate of drug-likeness (QED) is 0.555. The third-order valence-electron chi connectivity index (χ3n) is 3.98. The lowest BCUT2D eigenvalue weighted by Crippen LogP contribution is -1.91. The predicted molar refractivity (Wildman–Crippen MR) is 91.7 cm³/mol. The van der Waals surface area contributed by atoms with E-state index in [9.17, 15) is 4.39 Å². The Morgan fingerprint density at radius 2 is 1.72 bits per heavy atom. The molecule has 0 aliphatic carbocycles. The molecule has 2 aromatic carbocycles. The van der Waals surface area contributed by atoms with E-state index in [2.05, 4.69) is 15.2 Å². The van der Waals surface area contributed by atoms with E-state index in [1.807, 2.05) is 31.2 Å². The van der Waals surface area contributed by atoms with Gasteiger partial charge in [-0.1, -0.05) is 12.1 Å². The standard InChI is InChI=1S/C19H14FN3O2/c1-11-15(9-12-7-8-13(24-2)10-17(12)21-11)19-23-22-18(25-19)14-5-3-4-6-16(14)20/h3-10H,1-2H3. The lowest BCUT2D eigenvalue weighted by molar-refractivity contribution is 0.415. The zero-order valence-corrected chi connectivity index (χ0v) is 13.7. The van der Waals surface area contributed by atoms with E-state index in [4.69, 9.17) is 9.15 Å². The average molecular weight is 335 g/mol. The molecule has 0 bridgehead atoms. The van der Waals surface area contributed by atoms with Gasteiger partial charge in [0, 0.05) is 11.5 Å². The SMILES string of the molecule is COc1ccc2cc(-c3nnc(-c4ccccc4F)o3)c(C)nc2c1. The summed E-state index contributed by atoms with van der Waals surface area (Å²) >= 11 is 0. The van der Waals surface area contributed by atoms with Gasteiger partial charge in [0.25, 0.3) is 5.89 Å². The van der Waals surface area contributed by atoms with Crippen molar-refractivity contribution in [3.05, 3.63) is 60.0 Å². The normalized spacial score (nSPS) is 11.0. The number of halogens is 1. The molecule has 0 radical (unpaired) electrons. The van der Waals surface area contributed by atoms with Gasteiger partial charge in [0.15, 0.2) is 0 Å². The first-order chi connectivity index (χ1) is 12.2. The maximum absolute atomic E-state index is 13.9. The number of rotatable bonds is 3. The fourth-order valence-electron chi connectivity index (χ4n) is 2.66. The molecular formula is C19H14FN3O2. The van der Waals surface area contributed by atoms with Crippen LogP contribution < -0.4 is 4.74 Å².